The molecule has 1 saturated heterocycles. The zero-order valence-electron chi connectivity index (χ0n) is 17.3. The topological polar surface area (TPSA) is 93.9 Å². The molecular formula is C23H23NO6S. The van der Waals surface area contributed by atoms with Crippen LogP contribution in [0.25, 0.3) is 11.0 Å². The predicted molar refractivity (Wildman–Crippen MR) is 117 cm³/mol. The van der Waals surface area contributed by atoms with E-state index < -0.39 is 21.8 Å². The largest absolute Gasteiger partial charge is 0.497 e. The summed E-state index contributed by atoms with van der Waals surface area (Å²) in [4.78, 5) is 27.5. The molecule has 0 bridgehead atoms. The second-order valence-electron chi connectivity index (χ2n) is 7.81. The quantitative estimate of drug-likeness (QED) is 0.604. The molecule has 0 aliphatic carbocycles. The first-order chi connectivity index (χ1) is 14.8. The molecule has 1 atom stereocenters. The number of carbonyl (C=O) groups excluding carboxylic acids is 1. The Kier molecular flexibility index (Phi) is 5.58. The van der Waals surface area contributed by atoms with Crippen LogP contribution < -0.4 is 10.2 Å². The number of amides is 1. The highest BCUT2D eigenvalue weighted by molar-refractivity contribution is 7.91. The summed E-state index contributed by atoms with van der Waals surface area (Å²) >= 11 is 0. The highest BCUT2D eigenvalue weighted by Gasteiger charge is 2.36. The average molecular weight is 442 g/mol. The SMILES string of the molecule is COc1ccc(CN(C(=O)c2cc(=O)c3cc(C)ccc3o2)[C@@H]2CCS(=O)(=O)C2)cc1. The van der Waals surface area contributed by atoms with Crippen molar-refractivity contribution in [2.45, 2.75) is 25.9 Å². The fraction of sp³-hybridized carbons (Fsp3) is 0.304. The van der Waals surface area contributed by atoms with E-state index in [9.17, 15) is 18.0 Å². The minimum absolute atomic E-state index is 0.0327. The van der Waals surface area contributed by atoms with Gasteiger partial charge in [-0.25, -0.2) is 8.42 Å². The van der Waals surface area contributed by atoms with Gasteiger partial charge in [0.05, 0.1) is 24.0 Å². The Morgan fingerprint density at radius 3 is 2.55 bits per heavy atom. The second kappa shape index (κ2) is 8.19. The normalized spacial score (nSPS) is 17.5. The van der Waals surface area contributed by atoms with Crippen molar-refractivity contribution in [2.75, 3.05) is 18.6 Å². The molecule has 1 aliphatic rings. The van der Waals surface area contributed by atoms with Crippen LogP contribution in [0.15, 0.2) is 57.7 Å². The summed E-state index contributed by atoms with van der Waals surface area (Å²) < 4.78 is 35.1. The maximum Gasteiger partial charge on any atom is 0.290 e. The van der Waals surface area contributed by atoms with Gasteiger partial charge < -0.3 is 14.1 Å². The van der Waals surface area contributed by atoms with Gasteiger partial charge in [0, 0.05) is 18.7 Å². The molecule has 2 heterocycles. The number of benzene rings is 2. The lowest BCUT2D eigenvalue weighted by Gasteiger charge is -2.28. The Morgan fingerprint density at radius 2 is 1.90 bits per heavy atom. The van der Waals surface area contributed by atoms with Gasteiger partial charge in [-0.05, 0) is 43.2 Å². The van der Waals surface area contributed by atoms with Gasteiger partial charge in [-0.15, -0.1) is 0 Å². The van der Waals surface area contributed by atoms with E-state index >= 15 is 0 Å². The van der Waals surface area contributed by atoms with E-state index in [1.807, 2.05) is 19.1 Å². The molecule has 7 nitrogen and oxygen atoms in total. The Hall–Kier alpha value is -3.13. The van der Waals surface area contributed by atoms with E-state index in [2.05, 4.69) is 0 Å². The summed E-state index contributed by atoms with van der Waals surface area (Å²) in [6, 6.07) is 13.1. The first-order valence-corrected chi connectivity index (χ1v) is 11.8. The fourth-order valence-corrected chi connectivity index (χ4v) is 5.56. The van der Waals surface area contributed by atoms with Gasteiger partial charge in [-0.2, -0.15) is 0 Å². The summed E-state index contributed by atoms with van der Waals surface area (Å²) in [6.07, 6.45) is 0.348. The van der Waals surface area contributed by atoms with E-state index in [4.69, 9.17) is 9.15 Å². The summed E-state index contributed by atoms with van der Waals surface area (Å²) in [6.45, 7) is 2.06. The van der Waals surface area contributed by atoms with Crippen LogP contribution in [0.1, 0.15) is 28.1 Å². The molecule has 0 unspecified atom stereocenters. The van der Waals surface area contributed by atoms with Crippen LogP contribution >= 0.6 is 0 Å². The summed E-state index contributed by atoms with van der Waals surface area (Å²) in [5.74, 6) is 0.00855. The lowest BCUT2D eigenvalue weighted by molar-refractivity contribution is 0.0648. The van der Waals surface area contributed by atoms with Gasteiger partial charge in [0.15, 0.2) is 21.0 Å². The third-order valence-electron chi connectivity index (χ3n) is 5.52. The number of carbonyl (C=O) groups is 1. The minimum Gasteiger partial charge on any atom is -0.497 e. The first-order valence-electron chi connectivity index (χ1n) is 9.94. The monoisotopic (exact) mass is 441 g/mol. The van der Waals surface area contributed by atoms with Crippen molar-refractivity contribution >= 4 is 26.7 Å². The van der Waals surface area contributed by atoms with Crippen molar-refractivity contribution in [3.05, 3.63) is 75.6 Å². The maximum absolute atomic E-state index is 13.4. The van der Waals surface area contributed by atoms with Crippen LogP contribution in [0.5, 0.6) is 5.75 Å². The highest BCUT2D eigenvalue weighted by atomic mass is 32.2. The molecule has 1 aromatic heterocycles. The fourth-order valence-electron chi connectivity index (χ4n) is 3.83. The summed E-state index contributed by atoms with van der Waals surface area (Å²) in [5.41, 5.74) is 1.75. The van der Waals surface area contributed by atoms with Crippen LogP contribution in [-0.4, -0.2) is 43.9 Å². The number of aryl methyl sites for hydroxylation is 1. The van der Waals surface area contributed by atoms with Crippen LogP contribution in [0.3, 0.4) is 0 Å². The molecule has 8 heteroatoms. The average Bonchev–Trinajstić information content (AvgIpc) is 3.11. The van der Waals surface area contributed by atoms with E-state index in [-0.39, 0.29) is 29.2 Å². The predicted octanol–water partition coefficient (Wildman–Crippen LogP) is 2.94. The molecule has 1 fully saturated rings. The van der Waals surface area contributed by atoms with Gasteiger partial charge in [0.1, 0.15) is 11.3 Å². The lowest BCUT2D eigenvalue weighted by atomic mass is 10.1. The molecule has 162 valence electrons. The Balaban J connectivity index is 1.71. The van der Waals surface area contributed by atoms with E-state index in [0.29, 0.717) is 23.1 Å². The molecule has 4 rings (SSSR count). The van der Waals surface area contributed by atoms with E-state index in [1.54, 1.807) is 37.4 Å². The number of ether oxygens (including phenoxy) is 1. The van der Waals surface area contributed by atoms with Crippen molar-refractivity contribution in [1.29, 1.82) is 0 Å². The van der Waals surface area contributed by atoms with Gasteiger partial charge in [0.2, 0.25) is 0 Å². The van der Waals surface area contributed by atoms with Crippen molar-refractivity contribution < 1.29 is 22.4 Å². The second-order valence-corrected chi connectivity index (χ2v) is 10.0. The third-order valence-corrected chi connectivity index (χ3v) is 7.27. The number of nitrogens with zero attached hydrogens (tertiary/aromatic N) is 1. The number of hydrogen-bond acceptors (Lipinski definition) is 6. The number of fused-ring (bicyclic) bond motifs is 1. The summed E-state index contributed by atoms with van der Waals surface area (Å²) in [7, 11) is -1.65. The zero-order chi connectivity index (χ0) is 22.2. The lowest BCUT2D eigenvalue weighted by Crippen LogP contribution is -2.40. The Morgan fingerprint density at radius 1 is 1.16 bits per heavy atom. The van der Waals surface area contributed by atoms with Gasteiger partial charge in [-0.3, -0.25) is 9.59 Å². The zero-order valence-corrected chi connectivity index (χ0v) is 18.1. The molecule has 0 spiro atoms. The first kappa shape index (κ1) is 21.1. The summed E-state index contributed by atoms with van der Waals surface area (Å²) in [5, 5.41) is 0.404. The van der Waals surface area contributed by atoms with E-state index in [1.165, 1.54) is 11.0 Å². The number of rotatable bonds is 5. The van der Waals surface area contributed by atoms with Crippen LogP contribution in [0, 0.1) is 6.92 Å². The molecule has 0 radical (unpaired) electrons. The van der Waals surface area contributed by atoms with Crippen LogP contribution in [0.2, 0.25) is 0 Å². The maximum atomic E-state index is 13.4. The number of methoxy groups -OCH3 is 1. The van der Waals surface area contributed by atoms with Crippen molar-refractivity contribution in [2.24, 2.45) is 0 Å². The van der Waals surface area contributed by atoms with Gasteiger partial charge in [-0.1, -0.05) is 23.8 Å². The molecule has 0 N–H and O–H groups in total. The van der Waals surface area contributed by atoms with E-state index in [0.717, 1.165) is 11.1 Å². The number of sulfone groups is 1. The minimum atomic E-state index is -3.21. The molecule has 3 aromatic rings. The molecular weight excluding hydrogens is 418 g/mol. The van der Waals surface area contributed by atoms with Crippen LogP contribution in [-0.2, 0) is 16.4 Å². The molecule has 1 amide bonds. The van der Waals surface area contributed by atoms with Crippen molar-refractivity contribution in [3.63, 3.8) is 0 Å². The molecule has 2 aromatic carbocycles. The smallest absolute Gasteiger partial charge is 0.290 e. The van der Waals surface area contributed by atoms with Crippen LogP contribution in [0.4, 0.5) is 0 Å². The highest BCUT2D eigenvalue weighted by Crippen LogP contribution is 2.24. The molecule has 1 aliphatic heterocycles. The number of hydrogen-bond donors (Lipinski definition) is 0. The van der Waals surface area contributed by atoms with Crippen molar-refractivity contribution in [3.8, 4) is 5.75 Å². The Bertz CT molecular complexity index is 1290. The van der Waals surface area contributed by atoms with Gasteiger partial charge in [0.25, 0.3) is 5.91 Å². The Labute approximate surface area is 180 Å². The molecule has 31 heavy (non-hydrogen) atoms. The van der Waals surface area contributed by atoms with Crippen molar-refractivity contribution in [1.82, 2.24) is 4.90 Å². The van der Waals surface area contributed by atoms with Gasteiger partial charge >= 0.3 is 0 Å². The standard InChI is InChI=1S/C23H23NO6S/c1-15-3-8-21-19(11-15)20(25)12-22(30-21)23(26)24(17-9-10-31(27,28)14-17)13-16-4-6-18(29-2)7-5-16/h3-8,11-12,17H,9-10,13-14H2,1-2H3/t17-/m1/s1. The third kappa shape index (κ3) is 4.49. The molecule has 0 saturated carbocycles.